The van der Waals surface area contributed by atoms with Gasteiger partial charge in [0.25, 0.3) is 0 Å². The lowest BCUT2D eigenvalue weighted by Gasteiger charge is -1.97. The third-order valence-electron chi connectivity index (χ3n) is 2.13. The van der Waals surface area contributed by atoms with Crippen LogP contribution in [0.2, 0.25) is 0 Å². The normalized spacial score (nSPS) is 10.5. The van der Waals surface area contributed by atoms with Crippen molar-refractivity contribution in [3.8, 4) is 0 Å². The molecule has 0 aliphatic rings. The predicted molar refractivity (Wildman–Crippen MR) is 51.9 cm³/mol. The van der Waals surface area contributed by atoms with Crippen molar-refractivity contribution in [1.82, 2.24) is 0 Å². The highest BCUT2D eigenvalue weighted by Crippen LogP contribution is 2.10. The summed E-state index contributed by atoms with van der Waals surface area (Å²) in [6.07, 6.45) is 2.26. The molecule has 1 aromatic heterocycles. The van der Waals surface area contributed by atoms with Gasteiger partial charge in [-0.25, -0.2) is 0 Å². The maximum absolute atomic E-state index is 11.7. The number of para-hydroxylation sites is 1. The first-order valence-electron chi connectivity index (χ1n) is 4.32. The maximum Gasteiger partial charge on any atom is 0.195 e. The molecule has 0 aliphatic heterocycles. The van der Waals surface area contributed by atoms with Gasteiger partial charge in [0.05, 0.1) is 11.6 Å². The van der Waals surface area contributed by atoms with Crippen LogP contribution in [0.1, 0.15) is 12.5 Å². The first-order valence-corrected chi connectivity index (χ1v) is 4.32. The minimum absolute atomic E-state index is 0.0874. The topological polar surface area (TPSA) is 30.2 Å². The fraction of sp³-hybridized carbons (Fsp3) is 0.182. The zero-order valence-corrected chi connectivity index (χ0v) is 7.41. The fourth-order valence-electron chi connectivity index (χ4n) is 1.36. The molecular formula is C11H10O2. The van der Waals surface area contributed by atoms with E-state index in [1.807, 2.05) is 19.1 Å². The molecule has 0 unspecified atom stereocenters. The number of rotatable bonds is 1. The average Bonchev–Trinajstić information content (AvgIpc) is 2.19. The van der Waals surface area contributed by atoms with E-state index in [9.17, 15) is 4.79 Å². The molecule has 0 fully saturated rings. The van der Waals surface area contributed by atoms with Crippen molar-refractivity contribution in [2.45, 2.75) is 13.3 Å². The zero-order valence-electron chi connectivity index (χ0n) is 7.41. The SMILES string of the molecule is CCc1coc2ccccc2c1=O. The van der Waals surface area contributed by atoms with Crippen LogP contribution >= 0.6 is 0 Å². The van der Waals surface area contributed by atoms with E-state index < -0.39 is 0 Å². The van der Waals surface area contributed by atoms with E-state index in [0.29, 0.717) is 17.4 Å². The largest absolute Gasteiger partial charge is 0.464 e. The highest BCUT2D eigenvalue weighted by molar-refractivity contribution is 5.76. The number of fused-ring (bicyclic) bond motifs is 1. The van der Waals surface area contributed by atoms with Gasteiger partial charge < -0.3 is 4.42 Å². The smallest absolute Gasteiger partial charge is 0.195 e. The van der Waals surface area contributed by atoms with Crippen LogP contribution < -0.4 is 5.43 Å². The molecule has 0 N–H and O–H groups in total. The first kappa shape index (κ1) is 8.05. The van der Waals surface area contributed by atoms with Crippen LogP contribution in [0.15, 0.2) is 39.7 Å². The van der Waals surface area contributed by atoms with E-state index in [0.717, 1.165) is 5.56 Å². The van der Waals surface area contributed by atoms with Crippen molar-refractivity contribution >= 4 is 11.0 Å². The summed E-state index contributed by atoms with van der Waals surface area (Å²) in [6, 6.07) is 7.30. The van der Waals surface area contributed by atoms with Gasteiger partial charge in [-0.1, -0.05) is 19.1 Å². The Balaban J connectivity index is 2.87. The van der Waals surface area contributed by atoms with E-state index in [-0.39, 0.29) is 5.43 Å². The second-order valence-corrected chi connectivity index (χ2v) is 2.94. The molecule has 0 aliphatic carbocycles. The van der Waals surface area contributed by atoms with Gasteiger partial charge in [-0.2, -0.15) is 0 Å². The van der Waals surface area contributed by atoms with Gasteiger partial charge >= 0.3 is 0 Å². The maximum atomic E-state index is 11.7. The third-order valence-corrected chi connectivity index (χ3v) is 2.13. The van der Waals surface area contributed by atoms with Gasteiger partial charge in [0.1, 0.15) is 5.58 Å². The van der Waals surface area contributed by atoms with E-state index in [2.05, 4.69) is 0 Å². The molecule has 1 aromatic carbocycles. The van der Waals surface area contributed by atoms with Crippen LogP contribution in [0.25, 0.3) is 11.0 Å². The molecular weight excluding hydrogens is 164 g/mol. The fourth-order valence-corrected chi connectivity index (χ4v) is 1.36. The van der Waals surface area contributed by atoms with Gasteiger partial charge in [-0.15, -0.1) is 0 Å². The summed E-state index contributed by atoms with van der Waals surface area (Å²) in [4.78, 5) is 11.7. The van der Waals surface area contributed by atoms with Crippen LogP contribution in [-0.4, -0.2) is 0 Å². The Hall–Kier alpha value is -1.57. The van der Waals surface area contributed by atoms with Crippen LogP contribution in [0.5, 0.6) is 0 Å². The first-order chi connectivity index (χ1) is 6.33. The molecule has 13 heavy (non-hydrogen) atoms. The lowest BCUT2D eigenvalue weighted by Crippen LogP contribution is -2.06. The molecule has 2 aromatic rings. The quantitative estimate of drug-likeness (QED) is 0.664. The zero-order chi connectivity index (χ0) is 9.26. The highest BCUT2D eigenvalue weighted by atomic mass is 16.3. The molecule has 0 saturated carbocycles. The molecule has 0 saturated heterocycles. The molecule has 2 nitrogen and oxygen atoms in total. The Bertz CT molecular complexity index is 483. The summed E-state index contributed by atoms with van der Waals surface area (Å²) in [5.41, 5.74) is 1.48. The lowest BCUT2D eigenvalue weighted by molar-refractivity contribution is 0.594. The Kier molecular flexibility index (Phi) is 1.89. The van der Waals surface area contributed by atoms with Gasteiger partial charge in [-0.3, -0.25) is 4.79 Å². The molecule has 0 atom stereocenters. The molecule has 0 radical (unpaired) electrons. The van der Waals surface area contributed by atoms with Crippen molar-refractivity contribution in [3.05, 3.63) is 46.3 Å². The third kappa shape index (κ3) is 1.24. The standard InChI is InChI=1S/C11H10O2/c1-2-8-7-13-10-6-4-3-5-9(10)11(8)12/h3-7H,2H2,1H3. The van der Waals surface area contributed by atoms with E-state index in [4.69, 9.17) is 4.42 Å². The van der Waals surface area contributed by atoms with Gasteiger partial charge in [0.2, 0.25) is 0 Å². The van der Waals surface area contributed by atoms with Crippen molar-refractivity contribution in [1.29, 1.82) is 0 Å². The van der Waals surface area contributed by atoms with Crippen LogP contribution in [0, 0.1) is 0 Å². The van der Waals surface area contributed by atoms with E-state index in [1.165, 1.54) is 0 Å². The summed E-state index contributed by atoms with van der Waals surface area (Å²) in [5, 5.41) is 0.668. The van der Waals surface area contributed by atoms with Gasteiger partial charge in [0.15, 0.2) is 5.43 Å². The summed E-state index contributed by atoms with van der Waals surface area (Å²) < 4.78 is 5.31. The van der Waals surface area contributed by atoms with Gasteiger partial charge in [0, 0.05) is 5.56 Å². The predicted octanol–water partition coefficient (Wildman–Crippen LogP) is 2.36. The summed E-state index contributed by atoms with van der Waals surface area (Å²) in [5.74, 6) is 0. The Labute approximate surface area is 75.8 Å². The van der Waals surface area contributed by atoms with E-state index >= 15 is 0 Å². The molecule has 1 heterocycles. The molecule has 66 valence electrons. The number of hydrogen-bond acceptors (Lipinski definition) is 2. The van der Waals surface area contributed by atoms with Crippen LogP contribution in [-0.2, 0) is 6.42 Å². The number of benzene rings is 1. The summed E-state index contributed by atoms with van der Waals surface area (Å²) in [6.45, 7) is 1.95. The second kappa shape index (κ2) is 3.05. The Morgan fingerprint density at radius 3 is 2.85 bits per heavy atom. The average molecular weight is 174 g/mol. The van der Waals surface area contributed by atoms with Crippen molar-refractivity contribution in [2.24, 2.45) is 0 Å². The second-order valence-electron chi connectivity index (χ2n) is 2.94. The molecule has 0 bridgehead atoms. The van der Waals surface area contributed by atoms with E-state index in [1.54, 1.807) is 18.4 Å². The minimum Gasteiger partial charge on any atom is -0.464 e. The van der Waals surface area contributed by atoms with Crippen molar-refractivity contribution in [3.63, 3.8) is 0 Å². The summed E-state index contributed by atoms with van der Waals surface area (Å²) >= 11 is 0. The Morgan fingerprint density at radius 2 is 2.08 bits per heavy atom. The Morgan fingerprint density at radius 1 is 1.31 bits per heavy atom. The number of hydrogen-bond donors (Lipinski definition) is 0. The molecule has 2 heteroatoms. The monoisotopic (exact) mass is 174 g/mol. The molecule has 2 rings (SSSR count). The lowest BCUT2D eigenvalue weighted by atomic mass is 10.1. The van der Waals surface area contributed by atoms with Gasteiger partial charge in [-0.05, 0) is 18.6 Å². The highest BCUT2D eigenvalue weighted by Gasteiger charge is 2.03. The van der Waals surface area contributed by atoms with Crippen molar-refractivity contribution in [2.75, 3.05) is 0 Å². The van der Waals surface area contributed by atoms with Crippen LogP contribution in [0.4, 0.5) is 0 Å². The molecule has 0 spiro atoms. The minimum atomic E-state index is 0.0874. The van der Waals surface area contributed by atoms with Crippen LogP contribution in [0.3, 0.4) is 0 Å². The van der Waals surface area contributed by atoms with Crippen molar-refractivity contribution < 1.29 is 4.42 Å². The summed E-state index contributed by atoms with van der Waals surface area (Å²) in [7, 11) is 0. The molecule has 0 amide bonds. The number of aryl methyl sites for hydroxylation is 1.